The second-order valence-corrected chi connectivity index (χ2v) is 5.68. The summed E-state index contributed by atoms with van der Waals surface area (Å²) in [5, 5.41) is 9.75. The van der Waals surface area contributed by atoms with Gasteiger partial charge >= 0.3 is 5.97 Å². The van der Waals surface area contributed by atoms with Gasteiger partial charge in [-0.3, -0.25) is 4.79 Å². The molecule has 0 aliphatic rings. The molecule has 0 atom stereocenters. The van der Waals surface area contributed by atoms with Gasteiger partial charge in [0, 0.05) is 11.8 Å². The van der Waals surface area contributed by atoms with E-state index in [4.69, 9.17) is 9.84 Å². The van der Waals surface area contributed by atoms with Gasteiger partial charge in [-0.2, -0.15) is 0 Å². The van der Waals surface area contributed by atoms with Crippen molar-refractivity contribution in [2.75, 3.05) is 6.61 Å². The van der Waals surface area contributed by atoms with E-state index in [9.17, 15) is 4.79 Å². The molecule has 4 nitrogen and oxygen atoms in total. The number of hydrogen-bond donors (Lipinski definition) is 1. The maximum atomic E-state index is 10.5. The van der Waals surface area contributed by atoms with Crippen LogP contribution in [0.5, 0.6) is 5.75 Å². The van der Waals surface area contributed by atoms with Crippen LogP contribution in [0.15, 0.2) is 60.7 Å². The van der Waals surface area contributed by atoms with Crippen LogP contribution in [-0.4, -0.2) is 22.7 Å². The lowest BCUT2D eigenvalue weighted by Crippen LogP contribution is -2.02. The zero-order valence-corrected chi connectivity index (χ0v) is 13.8. The number of carboxylic acids is 1. The van der Waals surface area contributed by atoms with E-state index in [1.54, 1.807) is 0 Å². The van der Waals surface area contributed by atoms with Gasteiger partial charge in [0.25, 0.3) is 0 Å². The predicted molar refractivity (Wildman–Crippen MR) is 99.5 cm³/mol. The van der Waals surface area contributed by atoms with E-state index in [1.807, 2.05) is 66.7 Å². The fraction of sp³-hybridized carbons (Fsp3) is 0.143. The molecule has 0 aliphatic carbocycles. The molecule has 0 amide bonds. The molecule has 3 aromatic rings. The van der Waals surface area contributed by atoms with Crippen molar-refractivity contribution in [3.63, 3.8) is 0 Å². The highest BCUT2D eigenvalue weighted by Crippen LogP contribution is 2.17. The van der Waals surface area contributed by atoms with Crippen molar-refractivity contribution < 1.29 is 14.6 Å². The molecular formula is C21H19NO3. The third-order valence-electron chi connectivity index (χ3n) is 3.73. The van der Waals surface area contributed by atoms with Crippen LogP contribution in [0.3, 0.4) is 0 Å². The number of pyridine rings is 1. The summed E-state index contributed by atoms with van der Waals surface area (Å²) in [4.78, 5) is 15.1. The topological polar surface area (TPSA) is 59.4 Å². The first-order chi connectivity index (χ1) is 12.2. The van der Waals surface area contributed by atoms with Crippen LogP contribution in [0, 0.1) is 0 Å². The van der Waals surface area contributed by atoms with Crippen molar-refractivity contribution in [2.24, 2.45) is 0 Å². The van der Waals surface area contributed by atoms with E-state index in [0.717, 1.165) is 27.9 Å². The first-order valence-corrected chi connectivity index (χ1v) is 8.19. The molecule has 0 bridgehead atoms. The Hall–Kier alpha value is -3.14. The number of carboxylic acid groups (broad SMARTS) is 1. The van der Waals surface area contributed by atoms with Crippen LogP contribution >= 0.6 is 0 Å². The second-order valence-electron chi connectivity index (χ2n) is 5.68. The SMILES string of the molecule is O=C(O)CCCOc1cccc(C=Cc2ccc3ccccc3n2)c1. The number of fused-ring (bicyclic) bond motifs is 1. The minimum absolute atomic E-state index is 0.118. The molecule has 1 heterocycles. The number of hydrogen-bond acceptors (Lipinski definition) is 3. The molecule has 0 saturated carbocycles. The Morgan fingerprint density at radius 1 is 1.04 bits per heavy atom. The maximum Gasteiger partial charge on any atom is 0.303 e. The first-order valence-electron chi connectivity index (χ1n) is 8.19. The molecule has 4 heteroatoms. The molecule has 1 N–H and O–H groups in total. The largest absolute Gasteiger partial charge is 0.494 e. The van der Waals surface area contributed by atoms with Crippen LogP contribution in [-0.2, 0) is 4.79 Å². The van der Waals surface area contributed by atoms with Gasteiger partial charge in [-0.25, -0.2) is 4.98 Å². The average molecular weight is 333 g/mol. The normalized spacial score (nSPS) is 11.0. The molecule has 1 aromatic heterocycles. The van der Waals surface area contributed by atoms with E-state index >= 15 is 0 Å². The molecular weight excluding hydrogens is 314 g/mol. The van der Waals surface area contributed by atoms with Gasteiger partial charge in [-0.05, 0) is 42.3 Å². The highest BCUT2D eigenvalue weighted by Gasteiger charge is 1.99. The summed E-state index contributed by atoms with van der Waals surface area (Å²) in [6, 6.07) is 19.8. The van der Waals surface area contributed by atoms with Gasteiger partial charge < -0.3 is 9.84 Å². The summed E-state index contributed by atoms with van der Waals surface area (Å²) in [6.45, 7) is 0.395. The van der Waals surface area contributed by atoms with Gasteiger partial charge in [0.2, 0.25) is 0 Å². The standard InChI is InChI=1S/C21H19NO3/c23-21(24)9-4-14-25-19-7-3-5-16(15-19)10-12-18-13-11-17-6-1-2-8-20(17)22-18/h1-3,5-8,10-13,15H,4,9,14H2,(H,23,24). The number of ether oxygens (including phenoxy) is 1. The minimum Gasteiger partial charge on any atom is -0.494 e. The fourth-order valence-electron chi connectivity index (χ4n) is 2.48. The van der Waals surface area contributed by atoms with Gasteiger partial charge in [0.05, 0.1) is 17.8 Å². The maximum absolute atomic E-state index is 10.5. The van der Waals surface area contributed by atoms with Crippen molar-refractivity contribution in [3.8, 4) is 5.75 Å². The highest BCUT2D eigenvalue weighted by atomic mass is 16.5. The first kappa shape index (κ1) is 16.7. The lowest BCUT2D eigenvalue weighted by atomic mass is 10.1. The van der Waals surface area contributed by atoms with E-state index in [-0.39, 0.29) is 6.42 Å². The Bertz CT molecular complexity index is 902. The predicted octanol–water partition coefficient (Wildman–Crippen LogP) is 4.65. The summed E-state index contributed by atoms with van der Waals surface area (Å²) in [6.07, 6.45) is 4.57. The van der Waals surface area contributed by atoms with E-state index in [0.29, 0.717) is 13.0 Å². The summed E-state index contributed by atoms with van der Waals surface area (Å²) < 4.78 is 5.59. The number of aliphatic carboxylic acids is 1. The quantitative estimate of drug-likeness (QED) is 0.639. The van der Waals surface area contributed by atoms with Crippen molar-refractivity contribution in [1.82, 2.24) is 4.98 Å². The number of para-hydroxylation sites is 1. The molecule has 0 unspecified atom stereocenters. The monoisotopic (exact) mass is 333 g/mol. The van der Waals surface area contributed by atoms with Crippen molar-refractivity contribution in [1.29, 1.82) is 0 Å². The van der Waals surface area contributed by atoms with Crippen LogP contribution in [0.2, 0.25) is 0 Å². The number of aromatic nitrogens is 1. The summed E-state index contributed by atoms with van der Waals surface area (Å²) in [7, 11) is 0. The Morgan fingerprint density at radius 3 is 2.80 bits per heavy atom. The zero-order valence-electron chi connectivity index (χ0n) is 13.8. The van der Waals surface area contributed by atoms with E-state index in [2.05, 4.69) is 11.1 Å². The molecule has 0 spiro atoms. The van der Waals surface area contributed by atoms with Crippen molar-refractivity contribution in [2.45, 2.75) is 12.8 Å². The molecule has 0 radical (unpaired) electrons. The van der Waals surface area contributed by atoms with Gasteiger partial charge in [-0.1, -0.05) is 42.5 Å². The van der Waals surface area contributed by atoms with E-state index in [1.165, 1.54) is 0 Å². The Balaban J connectivity index is 1.66. The lowest BCUT2D eigenvalue weighted by molar-refractivity contribution is -0.137. The Labute approximate surface area is 146 Å². The van der Waals surface area contributed by atoms with Crippen molar-refractivity contribution >= 4 is 29.0 Å². The molecule has 3 rings (SSSR count). The molecule has 25 heavy (non-hydrogen) atoms. The highest BCUT2D eigenvalue weighted by molar-refractivity contribution is 5.80. The Morgan fingerprint density at radius 2 is 1.92 bits per heavy atom. The Kier molecular flexibility index (Phi) is 5.42. The third-order valence-corrected chi connectivity index (χ3v) is 3.73. The van der Waals surface area contributed by atoms with Crippen molar-refractivity contribution in [3.05, 3.63) is 71.9 Å². The average Bonchev–Trinajstić information content (AvgIpc) is 2.64. The number of benzene rings is 2. The smallest absolute Gasteiger partial charge is 0.303 e. The third kappa shape index (κ3) is 4.91. The molecule has 2 aromatic carbocycles. The number of rotatable bonds is 7. The number of nitrogens with zero attached hydrogens (tertiary/aromatic N) is 1. The molecule has 0 aliphatic heterocycles. The van der Waals surface area contributed by atoms with Crippen LogP contribution in [0.25, 0.3) is 23.1 Å². The van der Waals surface area contributed by atoms with Crippen LogP contribution in [0.4, 0.5) is 0 Å². The zero-order chi connectivity index (χ0) is 17.5. The summed E-state index contributed by atoms with van der Waals surface area (Å²) >= 11 is 0. The van der Waals surface area contributed by atoms with Gasteiger partial charge in [0.1, 0.15) is 5.75 Å². The minimum atomic E-state index is -0.803. The molecule has 126 valence electrons. The van der Waals surface area contributed by atoms with E-state index < -0.39 is 5.97 Å². The molecule has 0 saturated heterocycles. The van der Waals surface area contributed by atoms with Crippen LogP contribution in [0.1, 0.15) is 24.1 Å². The number of carbonyl (C=O) groups is 1. The summed E-state index contributed by atoms with van der Waals surface area (Å²) in [5.41, 5.74) is 2.87. The van der Waals surface area contributed by atoms with Crippen LogP contribution < -0.4 is 4.74 Å². The van der Waals surface area contributed by atoms with Gasteiger partial charge in [-0.15, -0.1) is 0 Å². The van der Waals surface area contributed by atoms with Gasteiger partial charge in [0.15, 0.2) is 0 Å². The summed E-state index contributed by atoms with van der Waals surface area (Å²) in [5.74, 6) is -0.0674. The lowest BCUT2D eigenvalue weighted by Gasteiger charge is -2.05. The second kappa shape index (κ2) is 8.11. The molecule has 0 fully saturated rings. The fourth-order valence-corrected chi connectivity index (χ4v) is 2.48.